The Balaban J connectivity index is 2.29. The van der Waals surface area contributed by atoms with E-state index in [-0.39, 0.29) is 12.5 Å². The molecule has 1 rings (SSSR count). The summed E-state index contributed by atoms with van der Waals surface area (Å²) in [5.74, 6) is -0.151. The van der Waals surface area contributed by atoms with Gasteiger partial charge in [-0.05, 0) is 44.9 Å². The van der Waals surface area contributed by atoms with Crippen LogP contribution >= 0.6 is 0 Å². The van der Waals surface area contributed by atoms with Crippen LogP contribution in [0.2, 0.25) is 0 Å². The molecule has 1 fully saturated rings. The van der Waals surface area contributed by atoms with Crippen molar-refractivity contribution in [3.05, 3.63) is 24.3 Å². The molecule has 6 N–H and O–H groups in total. The lowest BCUT2D eigenvalue weighted by atomic mass is 9.99. The predicted octanol–water partition coefficient (Wildman–Crippen LogP) is 11.1. The summed E-state index contributed by atoms with van der Waals surface area (Å²) in [6.07, 6.45) is 41.8. The van der Waals surface area contributed by atoms with Gasteiger partial charge in [-0.1, -0.05) is 205 Å². The number of aliphatic hydroxyl groups is 5. The van der Waals surface area contributed by atoms with Gasteiger partial charge in [0.15, 0.2) is 6.29 Å². The quantitative estimate of drug-likeness (QED) is 0.0263. The van der Waals surface area contributed by atoms with Crippen LogP contribution in [0.1, 0.15) is 232 Å². The fourth-order valence-corrected chi connectivity index (χ4v) is 8.02. The van der Waals surface area contributed by atoms with Gasteiger partial charge in [-0.15, -0.1) is 0 Å². The normalized spacial score (nSPS) is 20.8. The van der Waals surface area contributed by atoms with Crippen LogP contribution in [0.5, 0.6) is 0 Å². The van der Waals surface area contributed by atoms with Crippen LogP contribution in [0.4, 0.5) is 0 Å². The van der Waals surface area contributed by atoms with Gasteiger partial charge in [0.25, 0.3) is 0 Å². The van der Waals surface area contributed by atoms with Crippen molar-refractivity contribution in [3.8, 4) is 0 Å². The van der Waals surface area contributed by atoms with E-state index in [4.69, 9.17) is 9.47 Å². The first-order valence-electron chi connectivity index (χ1n) is 25.0. The Kier molecular flexibility index (Phi) is 38.4. The number of unbranched alkanes of at least 4 members (excludes halogenated alkanes) is 28. The summed E-state index contributed by atoms with van der Waals surface area (Å²) < 4.78 is 11.3. The van der Waals surface area contributed by atoms with Crippen molar-refractivity contribution in [2.75, 3.05) is 13.2 Å². The molecule has 0 aromatic rings. The minimum absolute atomic E-state index is 0.139. The summed E-state index contributed by atoms with van der Waals surface area (Å²) in [5, 5.41) is 54.5. The zero-order valence-electron chi connectivity index (χ0n) is 38.3. The van der Waals surface area contributed by atoms with E-state index in [1.165, 1.54) is 154 Å². The van der Waals surface area contributed by atoms with E-state index in [0.29, 0.717) is 12.8 Å². The molecule has 1 aliphatic heterocycles. The number of nitrogens with one attached hydrogen (secondary N) is 1. The zero-order valence-corrected chi connectivity index (χ0v) is 38.3. The topological polar surface area (TPSA) is 149 Å². The highest BCUT2D eigenvalue weighted by molar-refractivity contribution is 5.76. The fraction of sp³-hybridized carbons (Fsp3) is 0.900. The minimum atomic E-state index is -1.55. The highest BCUT2D eigenvalue weighted by Gasteiger charge is 2.44. The van der Waals surface area contributed by atoms with Gasteiger partial charge in [-0.3, -0.25) is 4.79 Å². The average Bonchev–Trinajstić information content (AvgIpc) is 3.23. The van der Waals surface area contributed by atoms with E-state index < -0.39 is 49.5 Å². The van der Waals surface area contributed by atoms with Crippen LogP contribution in [-0.4, -0.2) is 87.5 Å². The molecule has 0 aromatic heterocycles. The summed E-state index contributed by atoms with van der Waals surface area (Å²) in [5.41, 5.74) is 0. The minimum Gasteiger partial charge on any atom is -0.394 e. The van der Waals surface area contributed by atoms with Gasteiger partial charge in [0.1, 0.15) is 24.4 Å². The molecule has 7 unspecified atom stereocenters. The first-order chi connectivity index (χ1) is 28.8. The molecular weight excluding hydrogens is 743 g/mol. The molecule has 1 aliphatic rings. The maximum absolute atomic E-state index is 13.0. The average molecular weight is 838 g/mol. The first kappa shape index (κ1) is 55.7. The molecule has 0 saturated carbocycles. The van der Waals surface area contributed by atoms with Crippen LogP contribution in [0.3, 0.4) is 0 Å². The maximum atomic E-state index is 13.0. The number of allylic oxidation sites excluding steroid dienone is 4. The monoisotopic (exact) mass is 838 g/mol. The molecule has 7 atom stereocenters. The Morgan fingerprint density at radius 2 is 1.00 bits per heavy atom. The van der Waals surface area contributed by atoms with E-state index in [1.54, 1.807) is 0 Å². The molecule has 1 amide bonds. The van der Waals surface area contributed by atoms with Crippen molar-refractivity contribution in [1.82, 2.24) is 5.32 Å². The Hall–Kier alpha value is -1.33. The van der Waals surface area contributed by atoms with Crippen LogP contribution in [0.15, 0.2) is 24.3 Å². The molecule has 0 aliphatic carbocycles. The summed E-state index contributed by atoms with van der Waals surface area (Å²) in [7, 11) is 0. The largest absolute Gasteiger partial charge is 0.394 e. The Labute approximate surface area is 362 Å². The number of carbonyl (C=O) groups excluding carboxylic acids is 1. The molecule has 0 aromatic carbocycles. The van der Waals surface area contributed by atoms with Crippen LogP contribution < -0.4 is 5.32 Å². The highest BCUT2D eigenvalue weighted by Crippen LogP contribution is 2.23. The number of carbonyl (C=O) groups is 1. The van der Waals surface area contributed by atoms with Crippen molar-refractivity contribution in [2.45, 2.75) is 275 Å². The summed E-state index contributed by atoms with van der Waals surface area (Å²) in [4.78, 5) is 13.0. The third kappa shape index (κ3) is 31.2. The van der Waals surface area contributed by atoms with Gasteiger partial charge in [0, 0.05) is 6.42 Å². The van der Waals surface area contributed by atoms with Gasteiger partial charge >= 0.3 is 0 Å². The number of hydrogen-bond donors (Lipinski definition) is 6. The molecule has 0 bridgehead atoms. The molecule has 59 heavy (non-hydrogen) atoms. The summed E-state index contributed by atoms with van der Waals surface area (Å²) in [6.45, 7) is 3.83. The Bertz CT molecular complexity index is 977. The molecule has 0 spiro atoms. The molecule has 1 heterocycles. The van der Waals surface area contributed by atoms with Crippen molar-refractivity contribution < 1.29 is 39.8 Å². The number of hydrogen-bond acceptors (Lipinski definition) is 8. The highest BCUT2D eigenvalue weighted by atomic mass is 16.7. The third-order valence-electron chi connectivity index (χ3n) is 12.1. The van der Waals surface area contributed by atoms with E-state index in [9.17, 15) is 30.3 Å². The zero-order chi connectivity index (χ0) is 43.0. The van der Waals surface area contributed by atoms with E-state index in [0.717, 1.165) is 51.4 Å². The smallest absolute Gasteiger partial charge is 0.220 e. The second-order valence-corrected chi connectivity index (χ2v) is 17.6. The lowest BCUT2D eigenvalue weighted by Crippen LogP contribution is -2.60. The molecule has 0 radical (unpaired) electrons. The first-order valence-corrected chi connectivity index (χ1v) is 25.0. The van der Waals surface area contributed by atoms with Crippen LogP contribution in [0.25, 0.3) is 0 Å². The molecule has 9 nitrogen and oxygen atoms in total. The van der Waals surface area contributed by atoms with Crippen LogP contribution in [0, 0.1) is 0 Å². The van der Waals surface area contributed by atoms with Crippen molar-refractivity contribution >= 4 is 5.91 Å². The second kappa shape index (κ2) is 40.7. The van der Waals surface area contributed by atoms with Gasteiger partial charge in [0.2, 0.25) is 5.91 Å². The standard InChI is InChI=1S/C50H95NO8/c1-3-5-7-9-11-13-15-17-19-21-23-25-27-29-31-33-35-37-39-44(53)43(42-58-50-49(57)48(56)47(55)45(41-52)59-50)51-46(54)40-38-36-34-32-30-28-26-24-22-20-18-16-14-12-10-8-6-4-2/h14,16,20,22,43-45,47-50,52-53,55-57H,3-13,15,17-19,21,23-42H2,1-2H3,(H,51,54)/b16-14-,22-20-. The Morgan fingerprint density at radius 1 is 0.576 bits per heavy atom. The van der Waals surface area contributed by atoms with Crippen LogP contribution in [-0.2, 0) is 14.3 Å². The number of rotatable bonds is 42. The van der Waals surface area contributed by atoms with Gasteiger partial charge in [-0.25, -0.2) is 0 Å². The lowest BCUT2D eigenvalue weighted by Gasteiger charge is -2.40. The number of aliphatic hydroxyl groups excluding tert-OH is 5. The van der Waals surface area contributed by atoms with E-state index in [2.05, 4.69) is 43.5 Å². The van der Waals surface area contributed by atoms with Crippen molar-refractivity contribution in [1.29, 1.82) is 0 Å². The van der Waals surface area contributed by atoms with Gasteiger partial charge in [-0.2, -0.15) is 0 Å². The van der Waals surface area contributed by atoms with Crippen molar-refractivity contribution in [2.24, 2.45) is 0 Å². The number of amides is 1. The molecule has 9 heteroatoms. The maximum Gasteiger partial charge on any atom is 0.220 e. The van der Waals surface area contributed by atoms with E-state index >= 15 is 0 Å². The van der Waals surface area contributed by atoms with Gasteiger partial charge < -0.3 is 40.3 Å². The van der Waals surface area contributed by atoms with Gasteiger partial charge in [0.05, 0.1) is 25.4 Å². The van der Waals surface area contributed by atoms with E-state index in [1.807, 2.05) is 0 Å². The van der Waals surface area contributed by atoms with Crippen molar-refractivity contribution in [3.63, 3.8) is 0 Å². The summed E-state index contributed by atoms with van der Waals surface area (Å²) in [6, 6.07) is -0.721. The number of ether oxygens (including phenoxy) is 2. The summed E-state index contributed by atoms with van der Waals surface area (Å²) >= 11 is 0. The Morgan fingerprint density at radius 3 is 1.47 bits per heavy atom. The third-order valence-corrected chi connectivity index (χ3v) is 12.1. The molecular formula is C50H95NO8. The second-order valence-electron chi connectivity index (χ2n) is 17.6. The molecule has 1 saturated heterocycles. The molecule has 348 valence electrons. The SMILES string of the molecule is CCCCCC/C=C\C/C=C\CCCCCCCCCC(=O)NC(COC1OC(CO)C(O)C(O)C1O)C(O)CCCCCCCCCCCCCCCCCCCC. The predicted molar refractivity (Wildman–Crippen MR) is 244 cm³/mol. The lowest BCUT2D eigenvalue weighted by molar-refractivity contribution is -0.302. The fourth-order valence-electron chi connectivity index (χ4n) is 8.02.